The predicted octanol–water partition coefficient (Wildman–Crippen LogP) is 3.02. The second-order valence-electron chi connectivity index (χ2n) is 7.55. The van der Waals surface area contributed by atoms with Crippen LogP contribution in [0.5, 0.6) is 0 Å². The number of allylic oxidation sites excluding steroid dienone is 2. The van der Waals surface area contributed by atoms with Crippen molar-refractivity contribution < 1.29 is 4.79 Å². The number of nitrogens with one attached hydrogen (secondary N) is 6. The van der Waals surface area contributed by atoms with Gasteiger partial charge in [-0.25, -0.2) is 4.98 Å². The van der Waals surface area contributed by atoms with Crippen LogP contribution in [0.15, 0.2) is 89.4 Å². The van der Waals surface area contributed by atoms with E-state index >= 15 is 0 Å². The second kappa shape index (κ2) is 11.8. The largest absolute Gasteiger partial charge is 0.366 e. The number of carbonyl (C=O) groups excluding carboxylic acids is 1. The maximum atomic E-state index is 12.2. The molecule has 1 amide bonds. The van der Waals surface area contributed by atoms with Crippen molar-refractivity contribution in [1.82, 2.24) is 20.9 Å². The lowest BCUT2D eigenvalue weighted by Crippen LogP contribution is -2.25. The SMILES string of the molecule is CNC(=O)/C(C=N)=C1C=C(/C(=C/C(=N)NCc2cccc(C#N)c2)Nc2cccc(C)n2)C=CN\1. The number of hydrogen-bond donors (Lipinski definition) is 6. The maximum Gasteiger partial charge on any atom is 0.254 e. The minimum Gasteiger partial charge on any atom is -0.366 e. The zero-order valence-electron chi connectivity index (χ0n) is 19.4. The van der Waals surface area contributed by atoms with Crippen molar-refractivity contribution in [2.24, 2.45) is 0 Å². The number of nitrogens with zero attached hydrogens (tertiary/aromatic N) is 2. The van der Waals surface area contributed by atoms with Gasteiger partial charge in [0, 0.05) is 43.4 Å². The smallest absolute Gasteiger partial charge is 0.254 e. The molecule has 3 rings (SSSR count). The number of aromatic nitrogens is 1. The molecule has 0 spiro atoms. The number of likely N-dealkylation sites (N-methyl/N-ethyl adjacent to an activating group) is 1. The van der Waals surface area contributed by atoms with Crippen molar-refractivity contribution in [2.45, 2.75) is 13.5 Å². The number of rotatable bonds is 8. The summed E-state index contributed by atoms with van der Waals surface area (Å²) in [7, 11) is 1.51. The number of hydrogen-bond acceptors (Lipinski definition) is 7. The Bertz CT molecular complexity index is 1310. The van der Waals surface area contributed by atoms with E-state index in [9.17, 15) is 4.79 Å². The molecular formula is C26H26N8O. The van der Waals surface area contributed by atoms with E-state index in [-0.39, 0.29) is 17.3 Å². The van der Waals surface area contributed by atoms with E-state index in [4.69, 9.17) is 16.1 Å². The normalized spacial score (nSPS) is 14.1. The Morgan fingerprint density at radius 2 is 2.06 bits per heavy atom. The summed E-state index contributed by atoms with van der Waals surface area (Å²) in [5, 5.41) is 37.0. The van der Waals surface area contributed by atoms with Crippen LogP contribution in [0.2, 0.25) is 0 Å². The van der Waals surface area contributed by atoms with Gasteiger partial charge >= 0.3 is 0 Å². The summed E-state index contributed by atoms with van der Waals surface area (Å²) in [6, 6.07) is 14.9. The Kier molecular flexibility index (Phi) is 8.29. The first-order chi connectivity index (χ1) is 16.9. The lowest BCUT2D eigenvalue weighted by Gasteiger charge is -2.18. The number of carbonyl (C=O) groups is 1. The zero-order chi connectivity index (χ0) is 25.2. The van der Waals surface area contributed by atoms with E-state index in [1.807, 2.05) is 31.2 Å². The quantitative estimate of drug-likeness (QED) is 0.200. The molecule has 1 aliphatic heterocycles. The van der Waals surface area contributed by atoms with Gasteiger partial charge in [-0.15, -0.1) is 0 Å². The average molecular weight is 467 g/mol. The molecular weight excluding hydrogens is 440 g/mol. The van der Waals surface area contributed by atoms with Gasteiger partial charge in [-0.2, -0.15) is 5.26 Å². The van der Waals surface area contributed by atoms with Crippen molar-refractivity contribution >= 4 is 23.8 Å². The molecule has 1 aromatic carbocycles. The fraction of sp³-hybridized carbons (Fsp3) is 0.115. The fourth-order valence-corrected chi connectivity index (χ4v) is 3.28. The van der Waals surface area contributed by atoms with Gasteiger partial charge in [0.1, 0.15) is 11.7 Å². The molecule has 0 atom stereocenters. The summed E-state index contributed by atoms with van der Waals surface area (Å²) in [4.78, 5) is 16.7. The van der Waals surface area contributed by atoms with Gasteiger partial charge in [-0.05, 0) is 48.9 Å². The molecule has 2 aromatic rings. The second-order valence-corrected chi connectivity index (χ2v) is 7.55. The topological polar surface area (TPSA) is 150 Å². The molecule has 2 heterocycles. The fourth-order valence-electron chi connectivity index (χ4n) is 3.28. The number of benzene rings is 1. The minimum absolute atomic E-state index is 0.138. The van der Waals surface area contributed by atoms with Crippen LogP contribution in [0.1, 0.15) is 16.8 Å². The van der Waals surface area contributed by atoms with E-state index in [1.165, 1.54) is 7.05 Å². The molecule has 1 aliphatic rings. The van der Waals surface area contributed by atoms with Crippen LogP contribution in [0, 0.1) is 29.1 Å². The summed E-state index contributed by atoms with van der Waals surface area (Å²) in [5.41, 5.74) is 4.15. The van der Waals surface area contributed by atoms with Gasteiger partial charge in [0.2, 0.25) is 0 Å². The van der Waals surface area contributed by atoms with E-state index < -0.39 is 0 Å². The highest BCUT2D eigenvalue weighted by Crippen LogP contribution is 2.21. The van der Waals surface area contributed by atoms with Crippen LogP contribution in [0.3, 0.4) is 0 Å². The van der Waals surface area contributed by atoms with Gasteiger partial charge in [0.05, 0.1) is 28.6 Å². The summed E-state index contributed by atoms with van der Waals surface area (Å²) < 4.78 is 0. The molecule has 35 heavy (non-hydrogen) atoms. The number of amidine groups is 1. The molecule has 6 N–H and O–H groups in total. The third-order valence-corrected chi connectivity index (χ3v) is 5.00. The number of anilines is 1. The van der Waals surface area contributed by atoms with E-state index in [0.717, 1.165) is 17.5 Å². The summed E-state index contributed by atoms with van der Waals surface area (Å²) in [6.07, 6.45) is 7.81. The molecule has 1 aromatic heterocycles. The molecule has 9 heteroatoms. The first-order valence-electron chi connectivity index (χ1n) is 10.8. The van der Waals surface area contributed by atoms with Crippen LogP contribution in [0.4, 0.5) is 5.82 Å². The highest BCUT2D eigenvalue weighted by molar-refractivity contribution is 6.12. The van der Waals surface area contributed by atoms with Crippen molar-refractivity contribution in [3.63, 3.8) is 0 Å². The van der Waals surface area contributed by atoms with Gasteiger partial charge in [0.25, 0.3) is 5.91 Å². The number of amides is 1. The van der Waals surface area contributed by atoms with Crippen LogP contribution in [-0.2, 0) is 11.3 Å². The predicted molar refractivity (Wildman–Crippen MR) is 137 cm³/mol. The first-order valence-corrected chi connectivity index (χ1v) is 10.8. The van der Waals surface area contributed by atoms with Crippen molar-refractivity contribution in [1.29, 1.82) is 16.1 Å². The summed E-state index contributed by atoms with van der Waals surface area (Å²) >= 11 is 0. The number of pyridine rings is 1. The molecule has 0 bridgehead atoms. The van der Waals surface area contributed by atoms with Crippen molar-refractivity contribution in [3.05, 3.63) is 106 Å². The zero-order valence-corrected chi connectivity index (χ0v) is 19.4. The van der Waals surface area contributed by atoms with Crippen LogP contribution in [-0.4, -0.2) is 30.0 Å². The number of dihydropyridines is 1. The average Bonchev–Trinajstić information content (AvgIpc) is 2.87. The third-order valence-electron chi connectivity index (χ3n) is 5.00. The lowest BCUT2D eigenvalue weighted by atomic mass is 10.0. The monoisotopic (exact) mass is 466 g/mol. The van der Waals surface area contributed by atoms with Crippen molar-refractivity contribution in [3.8, 4) is 6.07 Å². The molecule has 9 nitrogen and oxygen atoms in total. The Morgan fingerprint density at radius 1 is 1.26 bits per heavy atom. The van der Waals surface area contributed by atoms with Crippen LogP contribution < -0.4 is 21.3 Å². The van der Waals surface area contributed by atoms with E-state index in [2.05, 4.69) is 32.3 Å². The molecule has 0 radical (unpaired) electrons. The van der Waals surface area contributed by atoms with Gasteiger partial charge < -0.3 is 26.7 Å². The maximum absolute atomic E-state index is 12.2. The van der Waals surface area contributed by atoms with Crippen molar-refractivity contribution in [2.75, 3.05) is 12.4 Å². The number of nitriles is 1. The molecule has 0 fully saturated rings. The molecule has 0 saturated heterocycles. The highest BCUT2D eigenvalue weighted by Gasteiger charge is 2.15. The Hall–Kier alpha value is -4.97. The molecule has 0 saturated carbocycles. The van der Waals surface area contributed by atoms with E-state index in [0.29, 0.717) is 34.9 Å². The molecule has 176 valence electrons. The van der Waals surface area contributed by atoms with Crippen LogP contribution >= 0.6 is 0 Å². The Labute approximate surface area is 204 Å². The lowest BCUT2D eigenvalue weighted by molar-refractivity contribution is -0.116. The Balaban J connectivity index is 1.93. The molecule has 0 unspecified atom stereocenters. The first kappa shape index (κ1) is 24.7. The summed E-state index contributed by atoms with van der Waals surface area (Å²) in [5.74, 6) is 0.350. The Morgan fingerprint density at radius 3 is 2.77 bits per heavy atom. The summed E-state index contributed by atoms with van der Waals surface area (Å²) in [6.45, 7) is 2.26. The highest BCUT2D eigenvalue weighted by atomic mass is 16.1. The van der Waals surface area contributed by atoms with Crippen LogP contribution in [0.25, 0.3) is 0 Å². The minimum atomic E-state index is -0.388. The number of aryl methyl sites for hydroxylation is 1. The van der Waals surface area contributed by atoms with Gasteiger partial charge in [-0.1, -0.05) is 18.2 Å². The van der Waals surface area contributed by atoms with Gasteiger partial charge in [0.15, 0.2) is 0 Å². The molecule has 0 aliphatic carbocycles. The van der Waals surface area contributed by atoms with E-state index in [1.54, 1.807) is 42.6 Å². The third kappa shape index (κ3) is 6.76. The van der Waals surface area contributed by atoms with Gasteiger partial charge in [-0.3, -0.25) is 10.2 Å². The standard InChI is InChI=1S/C26H26N8O/c1-17-5-3-8-25(33-17)34-22(13-24(29)32-16-19-7-4-6-18(11-19)14-27)20-9-10-31-23(12-20)21(15-28)26(35)30-2/h3-13,15,28,31H,16H2,1-2H3,(H2,29,32)(H,30,35)(H,33,34)/b22-13-,23-21+,28-15?.